The van der Waals surface area contributed by atoms with E-state index < -0.39 is 0 Å². The van der Waals surface area contributed by atoms with Crippen molar-refractivity contribution in [2.75, 3.05) is 13.1 Å². The van der Waals surface area contributed by atoms with E-state index in [0.717, 1.165) is 25.2 Å². The highest BCUT2D eigenvalue weighted by molar-refractivity contribution is 5.97. The summed E-state index contributed by atoms with van der Waals surface area (Å²) in [6.07, 6.45) is 5.89. The van der Waals surface area contributed by atoms with E-state index in [0.29, 0.717) is 23.7 Å². The number of likely N-dealkylation sites (tertiary alicyclic amines) is 1. The summed E-state index contributed by atoms with van der Waals surface area (Å²) in [6.45, 7) is 7.28. The second-order valence-electron chi connectivity index (χ2n) is 7.01. The van der Waals surface area contributed by atoms with Gasteiger partial charge < -0.3 is 9.47 Å². The van der Waals surface area contributed by atoms with Crippen molar-refractivity contribution in [2.24, 2.45) is 0 Å². The molecule has 0 aliphatic carbocycles. The second kappa shape index (κ2) is 7.21. The number of Topliss-reactive ketones (excluding diaryl/α,β-unsaturated/α-hetero) is 1. The number of carbonyl (C=O) groups is 2. The Morgan fingerprint density at radius 1 is 1.16 bits per heavy atom. The summed E-state index contributed by atoms with van der Waals surface area (Å²) in [5, 5.41) is 0. The Hall–Kier alpha value is -2.43. The molecular weight excluding hydrogens is 314 g/mol. The van der Waals surface area contributed by atoms with Crippen molar-refractivity contribution in [3.63, 3.8) is 0 Å². The number of hydrogen-bond donors (Lipinski definition) is 0. The maximum Gasteiger partial charge on any atom is 0.253 e. The summed E-state index contributed by atoms with van der Waals surface area (Å²) in [7, 11) is 0. The molecule has 0 spiro atoms. The lowest BCUT2D eigenvalue weighted by molar-refractivity contribution is 0.0702. The zero-order valence-corrected chi connectivity index (χ0v) is 15.1. The van der Waals surface area contributed by atoms with Gasteiger partial charge in [-0.3, -0.25) is 9.59 Å². The number of rotatable bonds is 4. The molecule has 0 bridgehead atoms. The zero-order chi connectivity index (χ0) is 18.0. The van der Waals surface area contributed by atoms with Gasteiger partial charge in [0.05, 0.1) is 0 Å². The second-order valence-corrected chi connectivity index (χ2v) is 7.01. The summed E-state index contributed by atoms with van der Waals surface area (Å²) >= 11 is 0. The number of carbonyl (C=O) groups excluding carboxylic acids is 2. The van der Waals surface area contributed by atoms with Crippen molar-refractivity contribution in [1.82, 2.24) is 14.5 Å². The Kier molecular flexibility index (Phi) is 5.02. The fourth-order valence-electron chi connectivity index (χ4n) is 3.48. The van der Waals surface area contributed by atoms with E-state index in [2.05, 4.69) is 23.4 Å². The van der Waals surface area contributed by atoms with E-state index in [4.69, 9.17) is 0 Å². The van der Waals surface area contributed by atoms with Crippen molar-refractivity contribution < 1.29 is 9.59 Å². The summed E-state index contributed by atoms with van der Waals surface area (Å²) in [5.41, 5.74) is 1.27. The molecule has 25 heavy (non-hydrogen) atoms. The van der Waals surface area contributed by atoms with Crippen molar-refractivity contribution >= 4 is 11.7 Å². The average Bonchev–Trinajstić information content (AvgIpc) is 3.11. The predicted molar refractivity (Wildman–Crippen MR) is 96.9 cm³/mol. The smallest absolute Gasteiger partial charge is 0.253 e. The monoisotopic (exact) mass is 339 g/mol. The summed E-state index contributed by atoms with van der Waals surface area (Å²) in [6, 6.07) is 7.31. The van der Waals surface area contributed by atoms with Crippen LogP contribution in [-0.4, -0.2) is 39.2 Å². The van der Waals surface area contributed by atoms with E-state index in [1.54, 1.807) is 24.3 Å². The highest BCUT2D eigenvalue weighted by atomic mass is 16.2. The lowest BCUT2D eigenvalue weighted by atomic mass is 9.96. The fraction of sp³-hybridized carbons (Fsp3) is 0.450. The average molecular weight is 339 g/mol. The molecule has 1 amide bonds. The van der Waals surface area contributed by atoms with E-state index >= 15 is 0 Å². The molecule has 1 saturated heterocycles. The topological polar surface area (TPSA) is 55.2 Å². The first-order valence-corrected chi connectivity index (χ1v) is 8.90. The van der Waals surface area contributed by atoms with Gasteiger partial charge in [-0.2, -0.15) is 0 Å². The van der Waals surface area contributed by atoms with Gasteiger partial charge in [0, 0.05) is 48.6 Å². The van der Waals surface area contributed by atoms with E-state index in [1.807, 2.05) is 17.3 Å². The van der Waals surface area contributed by atoms with Gasteiger partial charge in [0.1, 0.15) is 5.82 Å². The molecule has 5 heteroatoms. The lowest BCUT2D eigenvalue weighted by Crippen LogP contribution is -2.39. The van der Waals surface area contributed by atoms with Gasteiger partial charge in [-0.15, -0.1) is 0 Å². The first-order valence-electron chi connectivity index (χ1n) is 8.90. The molecule has 0 saturated carbocycles. The van der Waals surface area contributed by atoms with Crippen LogP contribution < -0.4 is 0 Å². The van der Waals surface area contributed by atoms with Crippen molar-refractivity contribution in [1.29, 1.82) is 0 Å². The third-order valence-electron chi connectivity index (χ3n) is 4.87. The fourth-order valence-corrected chi connectivity index (χ4v) is 3.48. The molecule has 132 valence electrons. The molecule has 1 aliphatic rings. The van der Waals surface area contributed by atoms with Crippen LogP contribution in [0.2, 0.25) is 0 Å². The minimum absolute atomic E-state index is 0.0116. The molecule has 5 nitrogen and oxygen atoms in total. The standard InChI is InChI=1S/C20H25N3O2/c1-14(2)23-12-10-21-19(23)18-5-4-11-22(13-18)20(25)17-8-6-16(7-9-17)15(3)24/h6-10,12,14,18H,4-5,11,13H2,1-3H3/t18-/m0/s1. The summed E-state index contributed by atoms with van der Waals surface area (Å²) < 4.78 is 2.19. The summed E-state index contributed by atoms with van der Waals surface area (Å²) in [4.78, 5) is 30.7. The first-order chi connectivity index (χ1) is 12.0. The number of piperidine rings is 1. The molecule has 3 rings (SSSR count). The van der Waals surface area contributed by atoms with Gasteiger partial charge >= 0.3 is 0 Å². The quantitative estimate of drug-likeness (QED) is 0.798. The Balaban J connectivity index is 1.75. The van der Waals surface area contributed by atoms with Crippen molar-refractivity contribution in [2.45, 2.75) is 45.6 Å². The molecule has 2 aromatic rings. The van der Waals surface area contributed by atoms with Gasteiger partial charge in [-0.25, -0.2) is 4.98 Å². The molecule has 2 heterocycles. The van der Waals surface area contributed by atoms with E-state index in [1.165, 1.54) is 6.92 Å². The molecule has 1 atom stereocenters. The third kappa shape index (κ3) is 3.65. The highest BCUT2D eigenvalue weighted by Crippen LogP contribution is 2.28. The number of benzene rings is 1. The largest absolute Gasteiger partial charge is 0.338 e. The minimum Gasteiger partial charge on any atom is -0.338 e. The van der Waals surface area contributed by atoms with Crippen LogP contribution in [-0.2, 0) is 0 Å². The van der Waals surface area contributed by atoms with Crippen LogP contribution in [0.3, 0.4) is 0 Å². The summed E-state index contributed by atoms with van der Waals surface area (Å²) in [5.74, 6) is 1.38. The number of amides is 1. The van der Waals surface area contributed by atoms with Gasteiger partial charge in [-0.05, 0) is 45.7 Å². The van der Waals surface area contributed by atoms with E-state index in [-0.39, 0.29) is 17.6 Å². The molecular formula is C20H25N3O2. The van der Waals surface area contributed by atoms with Gasteiger partial charge in [0.2, 0.25) is 0 Å². The van der Waals surface area contributed by atoms with Crippen LogP contribution in [0.5, 0.6) is 0 Å². The normalized spacial score (nSPS) is 17.8. The predicted octanol–water partition coefficient (Wildman–Crippen LogP) is 3.69. The number of hydrogen-bond acceptors (Lipinski definition) is 3. The number of ketones is 1. The minimum atomic E-state index is 0.0116. The third-order valence-corrected chi connectivity index (χ3v) is 4.87. The highest BCUT2D eigenvalue weighted by Gasteiger charge is 2.28. The Bertz CT molecular complexity index is 762. The van der Waals surface area contributed by atoms with Crippen LogP contribution in [0.1, 0.15) is 72.1 Å². The molecule has 1 aromatic heterocycles. The van der Waals surface area contributed by atoms with Gasteiger partial charge in [0.15, 0.2) is 5.78 Å². The number of aromatic nitrogens is 2. The van der Waals surface area contributed by atoms with Crippen LogP contribution in [0, 0.1) is 0 Å². The Labute approximate surface area is 148 Å². The van der Waals surface area contributed by atoms with Gasteiger partial charge in [0.25, 0.3) is 5.91 Å². The Morgan fingerprint density at radius 2 is 1.84 bits per heavy atom. The maximum absolute atomic E-state index is 12.8. The van der Waals surface area contributed by atoms with Crippen molar-refractivity contribution in [3.8, 4) is 0 Å². The SMILES string of the molecule is CC(=O)c1ccc(C(=O)N2CCC[C@H](c3nccn3C(C)C)C2)cc1. The van der Waals surface area contributed by atoms with Crippen molar-refractivity contribution in [3.05, 3.63) is 53.6 Å². The number of nitrogens with zero attached hydrogens (tertiary/aromatic N) is 3. The molecule has 0 N–H and O–H groups in total. The van der Waals surface area contributed by atoms with E-state index in [9.17, 15) is 9.59 Å². The van der Waals surface area contributed by atoms with Crippen LogP contribution in [0.4, 0.5) is 0 Å². The number of imidazole rings is 1. The molecule has 1 aliphatic heterocycles. The van der Waals surface area contributed by atoms with Crippen LogP contribution >= 0.6 is 0 Å². The van der Waals surface area contributed by atoms with Gasteiger partial charge in [-0.1, -0.05) is 12.1 Å². The van der Waals surface area contributed by atoms with Crippen LogP contribution in [0.25, 0.3) is 0 Å². The zero-order valence-electron chi connectivity index (χ0n) is 15.1. The lowest BCUT2D eigenvalue weighted by Gasteiger charge is -2.33. The van der Waals surface area contributed by atoms with Crippen LogP contribution in [0.15, 0.2) is 36.7 Å². The molecule has 1 fully saturated rings. The molecule has 0 unspecified atom stereocenters. The molecule has 0 radical (unpaired) electrons. The maximum atomic E-state index is 12.8. The Morgan fingerprint density at radius 3 is 2.48 bits per heavy atom. The first kappa shape index (κ1) is 17.4. The molecule has 1 aromatic carbocycles.